The van der Waals surface area contributed by atoms with Gasteiger partial charge in [0.1, 0.15) is 11.6 Å². The van der Waals surface area contributed by atoms with E-state index in [0.29, 0.717) is 25.4 Å². The molecule has 5 nitrogen and oxygen atoms in total. The number of carbonyl (C=O) groups is 1. The molecule has 2 N–H and O–H groups in total. The summed E-state index contributed by atoms with van der Waals surface area (Å²) in [6.45, 7) is 1.72. The smallest absolute Gasteiger partial charge is 0.235 e. The standard InChI is InChI=1S/C12H16FN3O2.ClH/c1-18-8-12(4-5-14-7-12)11(17)16-10-3-2-9(13)6-15-10;/h2-3,6,14H,4-5,7-8H2,1H3,(H,15,16,17);1H. The Balaban J connectivity index is 0.00000180. The molecule has 0 spiro atoms. The lowest BCUT2D eigenvalue weighted by molar-refractivity contribution is -0.127. The second-order valence-electron chi connectivity index (χ2n) is 4.46. The average Bonchev–Trinajstić information content (AvgIpc) is 2.82. The Kier molecular flexibility index (Phi) is 5.65. The van der Waals surface area contributed by atoms with Gasteiger partial charge in [-0.05, 0) is 25.1 Å². The molecule has 0 aromatic carbocycles. The van der Waals surface area contributed by atoms with Gasteiger partial charge < -0.3 is 15.4 Å². The second kappa shape index (κ2) is 6.79. The van der Waals surface area contributed by atoms with Crippen LogP contribution < -0.4 is 10.6 Å². The highest BCUT2D eigenvalue weighted by Crippen LogP contribution is 2.27. The summed E-state index contributed by atoms with van der Waals surface area (Å²) >= 11 is 0. The van der Waals surface area contributed by atoms with E-state index in [0.717, 1.165) is 12.7 Å². The first-order valence-electron chi connectivity index (χ1n) is 5.79. The third-order valence-corrected chi connectivity index (χ3v) is 3.12. The third kappa shape index (κ3) is 3.62. The zero-order chi connectivity index (χ0) is 13.0. The molecule has 1 aliphatic rings. The summed E-state index contributed by atoms with van der Waals surface area (Å²) in [6.07, 6.45) is 1.79. The van der Waals surface area contributed by atoms with Gasteiger partial charge in [0.15, 0.2) is 0 Å². The molecule has 1 aliphatic heterocycles. The van der Waals surface area contributed by atoms with Gasteiger partial charge in [0, 0.05) is 13.7 Å². The maximum atomic E-state index is 12.7. The fourth-order valence-electron chi connectivity index (χ4n) is 2.10. The van der Waals surface area contributed by atoms with Crippen LogP contribution in [0.3, 0.4) is 0 Å². The number of aromatic nitrogens is 1. The van der Waals surface area contributed by atoms with Gasteiger partial charge in [0.05, 0.1) is 18.2 Å². The highest BCUT2D eigenvalue weighted by molar-refractivity contribution is 5.95. The van der Waals surface area contributed by atoms with Crippen LogP contribution in [-0.2, 0) is 9.53 Å². The lowest BCUT2D eigenvalue weighted by atomic mass is 9.87. The Morgan fingerprint density at radius 1 is 1.63 bits per heavy atom. The van der Waals surface area contributed by atoms with Crippen molar-refractivity contribution in [2.45, 2.75) is 6.42 Å². The number of nitrogens with one attached hydrogen (secondary N) is 2. The molecule has 1 atom stereocenters. The molecular formula is C12H17ClFN3O2. The first-order chi connectivity index (χ1) is 8.66. The minimum absolute atomic E-state index is 0. The summed E-state index contributed by atoms with van der Waals surface area (Å²) in [7, 11) is 1.57. The number of pyridine rings is 1. The van der Waals surface area contributed by atoms with Crippen LogP contribution >= 0.6 is 12.4 Å². The summed E-state index contributed by atoms with van der Waals surface area (Å²) in [6, 6.07) is 2.70. The molecule has 1 fully saturated rings. The predicted molar refractivity (Wildman–Crippen MR) is 71.9 cm³/mol. The van der Waals surface area contributed by atoms with E-state index in [-0.39, 0.29) is 18.3 Å². The van der Waals surface area contributed by atoms with Crippen molar-refractivity contribution in [3.05, 3.63) is 24.1 Å². The van der Waals surface area contributed by atoms with Crippen LogP contribution in [-0.4, -0.2) is 37.7 Å². The Morgan fingerprint density at radius 2 is 2.42 bits per heavy atom. The normalized spacial score (nSPS) is 21.8. The van der Waals surface area contributed by atoms with E-state index < -0.39 is 11.2 Å². The predicted octanol–water partition coefficient (Wildman–Crippen LogP) is 1.21. The molecule has 1 amide bonds. The van der Waals surface area contributed by atoms with Gasteiger partial charge in [-0.25, -0.2) is 9.37 Å². The summed E-state index contributed by atoms with van der Waals surface area (Å²) in [5, 5.41) is 5.85. The van der Waals surface area contributed by atoms with Crippen LogP contribution in [0.25, 0.3) is 0 Å². The van der Waals surface area contributed by atoms with E-state index in [9.17, 15) is 9.18 Å². The van der Waals surface area contributed by atoms with Gasteiger partial charge in [0.2, 0.25) is 5.91 Å². The lowest BCUT2D eigenvalue weighted by Gasteiger charge is -2.25. The molecule has 0 radical (unpaired) electrons. The van der Waals surface area contributed by atoms with E-state index in [1.165, 1.54) is 12.1 Å². The van der Waals surface area contributed by atoms with Crippen LogP contribution in [0.5, 0.6) is 0 Å². The molecule has 1 saturated heterocycles. The maximum absolute atomic E-state index is 12.7. The molecule has 0 saturated carbocycles. The molecule has 2 rings (SSSR count). The van der Waals surface area contributed by atoms with Crippen LogP contribution in [0.1, 0.15) is 6.42 Å². The SMILES string of the molecule is COCC1(C(=O)Nc2ccc(F)cn2)CCNC1.Cl. The van der Waals surface area contributed by atoms with E-state index >= 15 is 0 Å². The molecule has 106 valence electrons. The van der Waals surface area contributed by atoms with E-state index in [2.05, 4.69) is 15.6 Å². The number of ether oxygens (including phenoxy) is 1. The maximum Gasteiger partial charge on any atom is 0.235 e. The number of hydrogen-bond acceptors (Lipinski definition) is 4. The van der Waals surface area contributed by atoms with Crippen LogP contribution in [0.2, 0.25) is 0 Å². The number of methoxy groups -OCH3 is 1. The molecule has 0 bridgehead atoms. The van der Waals surface area contributed by atoms with Crippen LogP contribution in [0, 0.1) is 11.2 Å². The fraction of sp³-hybridized carbons (Fsp3) is 0.500. The minimum atomic E-state index is -0.565. The van der Waals surface area contributed by atoms with Crippen molar-refractivity contribution < 1.29 is 13.9 Å². The van der Waals surface area contributed by atoms with Gasteiger partial charge >= 0.3 is 0 Å². The highest BCUT2D eigenvalue weighted by atomic mass is 35.5. The summed E-state index contributed by atoms with van der Waals surface area (Å²) in [5.41, 5.74) is -0.565. The second-order valence-corrected chi connectivity index (χ2v) is 4.46. The zero-order valence-electron chi connectivity index (χ0n) is 10.6. The monoisotopic (exact) mass is 289 g/mol. The van der Waals surface area contributed by atoms with E-state index in [4.69, 9.17) is 4.74 Å². The van der Waals surface area contributed by atoms with Gasteiger partial charge in [-0.2, -0.15) is 0 Å². The van der Waals surface area contributed by atoms with Gasteiger partial charge in [-0.1, -0.05) is 0 Å². The van der Waals surface area contributed by atoms with Crippen molar-refractivity contribution in [2.24, 2.45) is 5.41 Å². The highest BCUT2D eigenvalue weighted by Gasteiger charge is 2.41. The van der Waals surface area contributed by atoms with Crippen LogP contribution in [0.15, 0.2) is 18.3 Å². The third-order valence-electron chi connectivity index (χ3n) is 3.12. The summed E-state index contributed by atoms with van der Waals surface area (Å²) in [4.78, 5) is 16.1. The van der Waals surface area contributed by atoms with Crippen molar-refractivity contribution in [1.82, 2.24) is 10.3 Å². The largest absolute Gasteiger partial charge is 0.384 e. The molecular weight excluding hydrogens is 273 g/mol. The van der Waals surface area contributed by atoms with Crippen LogP contribution in [0.4, 0.5) is 10.2 Å². The van der Waals surface area contributed by atoms with Crippen molar-refractivity contribution in [3.8, 4) is 0 Å². The first kappa shape index (κ1) is 15.8. The number of carbonyl (C=O) groups excluding carboxylic acids is 1. The number of rotatable bonds is 4. The van der Waals surface area contributed by atoms with Crippen molar-refractivity contribution in [3.63, 3.8) is 0 Å². The Morgan fingerprint density at radius 3 is 2.95 bits per heavy atom. The van der Waals surface area contributed by atoms with Crippen molar-refractivity contribution in [1.29, 1.82) is 0 Å². The molecule has 7 heteroatoms. The Labute approximate surface area is 117 Å². The average molecular weight is 290 g/mol. The van der Waals surface area contributed by atoms with Crippen molar-refractivity contribution in [2.75, 3.05) is 32.1 Å². The molecule has 2 heterocycles. The first-order valence-corrected chi connectivity index (χ1v) is 5.79. The van der Waals surface area contributed by atoms with E-state index in [1.807, 2.05) is 0 Å². The van der Waals surface area contributed by atoms with Gasteiger partial charge in [0.25, 0.3) is 0 Å². The number of nitrogens with zero attached hydrogens (tertiary/aromatic N) is 1. The summed E-state index contributed by atoms with van der Waals surface area (Å²) in [5.74, 6) is -0.223. The number of amides is 1. The molecule has 1 aromatic heterocycles. The molecule has 1 unspecified atom stereocenters. The number of hydrogen-bond donors (Lipinski definition) is 2. The lowest BCUT2D eigenvalue weighted by Crippen LogP contribution is -2.42. The quantitative estimate of drug-likeness (QED) is 0.874. The molecule has 19 heavy (non-hydrogen) atoms. The van der Waals surface area contributed by atoms with Crippen molar-refractivity contribution >= 4 is 24.1 Å². The van der Waals surface area contributed by atoms with Gasteiger partial charge in [-0.3, -0.25) is 4.79 Å². The number of halogens is 2. The molecule has 1 aromatic rings. The zero-order valence-corrected chi connectivity index (χ0v) is 11.4. The van der Waals surface area contributed by atoms with E-state index in [1.54, 1.807) is 7.11 Å². The fourth-order valence-corrected chi connectivity index (χ4v) is 2.10. The number of anilines is 1. The Hall–Kier alpha value is -1.24. The minimum Gasteiger partial charge on any atom is -0.384 e. The summed E-state index contributed by atoms with van der Waals surface area (Å²) < 4.78 is 17.8. The Bertz CT molecular complexity index is 421. The van der Waals surface area contributed by atoms with Gasteiger partial charge in [-0.15, -0.1) is 12.4 Å². The topological polar surface area (TPSA) is 63.2 Å². The molecule has 0 aliphatic carbocycles.